The van der Waals surface area contributed by atoms with Crippen molar-refractivity contribution >= 4 is 16.9 Å². The first-order valence-electron chi connectivity index (χ1n) is 9.07. The Morgan fingerprint density at radius 1 is 1.23 bits per heavy atom. The molecule has 1 aliphatic rings. The highest BCUT2D eigenvalue weighted by Crippen LogP contribution is 2.28. The molecule has 0 saturated carbocycles. The summed E-state index contributed by atoms with van der Waals surface area (Å²) in [5.41, 5.74) is 2.84. The molecule has 26 heavy (non-hydrogen) atoms. The van der Waals surface area contributed by atoms with E-state index in [2.05, 4.69) is 16.8 Å². The highest BCUT2D eigenvalue weighted by atomic mass is 16.5. The van der Waals surface area contributed by atoms with Gasteiger partial charge in [0, 0.05) is 49.6 Å². The monoisotopic (exact) mass is 352 g/mol. The van der Waals surface area contributed by atoms with Gasteiger partial charge in [-0.15, -0.1) is 0 Å². The first-order valence-corrected chi connectivity index (χ1v) is 9.07. The lowest BCUT2D eigenvalue weighted by Gasteiger charge is -2.23. The fourth-order valence-electron chi connectivity index (χ4n) is 3.82. The summed E-state index contributed by atoms with van der Waals surface area (Å²) in [5.74, 6) is 0.782. The molecule has 1 amide bonds. The minimum Gasteiger partial charge on any atom is -0.451 e. The molecule has 136 valence electrons. The zero-order valence-electron chi connectivity index (χ0n) is 15.3. The third-order valence-corrected chi connectivity index (χ3v) is 5.27. The molecular weight excluding hydrogens is 328 g/mol. The standard InChI is InChI=1S/C21H24N2O3/c1-15-18-7-3-4-8-19(18)26-20(15)21(24)23-13-16(9-11-25-2)12-22-10-5-6-17(22)14-23/h3-8,10,16H,9,11-14H2,1-2H3/t16-/m0/s1. The molecule has 0 fully saturated rings. The van der Waals surface area contributed by atoms with E-state index in [9.17, 15) is 4.79 Å². The van der Waals surface area contributed by atoms with Crippen LogP contribution in [0.4, 0.5) is 0 Å². The largest absolute Gasteiger partial charge is 0.451 e. The van der Waals surface area contributed by atoms with Gasteiger partial charge in [0.15, 0.2) is 5.76 Å². The maximum atomic E-state index is 13.3. The zero-order valence-corrected chi connectivity index (χ0v) is 15.3. The highest BCUT2D eigenvalue weighted by molar-refractivity contribution is 5.98. The number of fused-ring (bicyclic) bond motifs is 2. The van der Waals surface area contributed by atoms with Crippen molar-refractivity contribution in [3.05, 3.63) is 59.6 Å². The van der Waals surface area contributed by atoms with E-state index in [1.807, 2.05) is 42.2 Å². The summed E-state index contributed by atoms with van der Waals surface area (Å²) in [4.78, 5) is 15.2. The Labute approximate surface area is 153 Å². The molecule has 2 aromatic heterocycles. The average Bonchev–Trinajstić information content (AvgIpc) is 3.18. The molecule has 5 nitrogen and oxygen atoms in total. The van der Waals surface area contributed by atoms with Crippen LogP contribution in [0.2, 0.25) is 0 Å². The maximum absolute atomic E-state index is 13.3. The smallest absolute Gasteiger partial charge is 0.290 e. The molecule has 5 heteroatoms. The molecule has 3 aromatic rings. The second-order valence-electron chi connectivity index (χ2n) is 7.04. The van der Waals surface area contributed by atoms with Crippen molar-refractivity contribution in [3.8, 4) is 0 Å². The topological polar surface area (TPSA) is 47.6 Å². The third kappa shape index (κ3) is 3.03. The number of hydrogen-bond acceptors (Lipinski definition) is 3. The summed E-state index contributed by atoms with van der Waals surface area (Å²) in [6.45, 7) is 4.88. The van der Waals surface area contributed by atoms with Crippen LogP contribution < -0.4 is 0 Å². The van der Waals surface area contributed by atoms with Gasteiger partial charge in [-0.2, -0.15) is 0 Å². The van der Waals surface area contributed by atoms with E-state index in [0.717, 1.165) is 35.2 Å². The lowest BCUT2D eigenvalue weighted by molar-refractivity contribution is 0.0675. The number of furan rings is 1. The number of hydrogen-bond donors (Lipinski definition) is 0. The van der Waals surface area contributed by atoms with Crippen LogP contribution in [-0.2, 0) is 17.8 Å². The number of para-hydroxylation sites is 1. The van der Waals surface area contributed by atoms with Crippen molar-refractivity contribution in [2.45, 2.75) is 26.4 Å². The molecule has 0 bridgehead atoms. The Kier molecular flexibility index (Phi) is 4.55. The van der Waals surface area contributed by atoms with Gasteiger partial charge in [-0.05, 0) is 37.5 Å². The summed E-state index contributed by atoms with van der Waals surface area (Å²) < 4.78 is 13.4. The van der Waals surface area contributed by atoms with Crippen molar-refractivity contribution < 1.29 is 13.9 Å². The first-order chi connectivity index (χ1) is 12.7. The summed E-state index contributed by atoms with van der Waals surface area (Å²) in [6.07, 6.45) is 3.02. The van der Waals surface area contributed by atoms with Gasteiger partial charge in [0.05, 0.1) is 6.54 Å². The predicted molar refractivity (Wildman–Crippen MR) is 100 cm³/mol. The molecule has 0 unspecified atom stereocenters. The summed E-state index contributed by atoms with van der Waals surface area (Å²) in [6, 6.07) is 11.9. The van der Waals surface area contributed by atoms with E-state index >= 15 is 0 Å². The molecule has 0 spiro atoms. The second-order valence-corrected chi connectivity index (χ2v) is 7.04. The summed E-state index contributed by atoms with van der Waals surface area (Å²) in [7, 11) is 1.72. The number of aryl methyl sites for hydroxylation is 1. The number of methoxy groups -OCH3 is 1. The quantitative estimate of drug-likeness (QED) is 0.716. The Morgan fingerprint density at radius 3 is 2.88 bits per heavy atom. The van der Waals surface area contributed by atoms with Gasteiger partial charge in [-0.3, -0.25) is 4.79 Å². The van der Waals surface area contributed by atoms with E-state index in [-0.39, 0.29) is 5.91 Å². The van der Waals surface area contributed by atoms with Crippen molar-refractivity contribution in [2.24, 2.45) is 5.92 Å². The van der Waals surface area contributed by atoms with Gasteiger partial charge in [0.2, 0.25) is 0 Å². The molecule has 3 heterocycles. The molecule has 4 rings (SSSR count). The Bertz CT molecular complexity index is 924. The summed E-state index contributed by atoms with van der Waals surface area (Å²) in [5, 5.41) is 1.00. The van der Waals surface area contributed by atoms with Crippen LogP contribution in [0, 0.1) is 12.8 Å². The molecule has 1 aromatic carbocycles. The van der Waals surface area contributed by atoms with E-state index in [1.165, 1.54) is 0 Å². The minimum absolute atomic E-state index is 0.0317. The third-order valence-electron chi connectivity index (χ3n) is 5.27. The Balaban J connectivity index is 1.66. The van der Waals surface area contributed by atoms with Crippen LogP contribution in [0.5, 0.6) is 0 Å². The SMILES string of the molecule is COCC[C@@H]1CN(C(=O)c2oc3ccccc3c2C)Cc2cccn2C1. The number of nitrogens with zero attached hydrogens (tertiary/aromatic N) is 2. The van der Waals surface area contributed by atoms with Crippen molar-refractivity contribution in [1.29, 1.82) is 0 Å². The van der Waals surface area contributed by atoms with Crippen molar-refractivity contribution in [1.82, 2.24) is 9.47 Å². The Morgan fingerprint density at radius 2 is 2.08 bits per heavy atom. The van der Waals surface area contributed by atoms with Gasteiger partial charge in [0.1, 0.15) is 5.58 Å². The van der Waals surface area contributed by atoms with E-state index in [1.54, 1.807) is 7.11 Å². The number of aromatic nitrogens is 1. The Hall–Kier alpha value is -2.53. The van der Waals surface area contributed by atoms with Crippen LogP contribution in [-0.4, -0.2) is 35.6 Å². The molecule has 0 aliphatic carbocycles. The van der Waals surface area contributed by atoms with E-state index < -0.39 is 0 Å². The second kappa shape index (κ2) is 7.00. The van der Waals surface area contributed by atoms with Crippen LogP contribution in [0.15, 0.2) is 47.0 Å². The summed E-state index contributed by atoms with van der Waals surface area (Å²) >= 11 is 0. The number of carbonyl (C=O) groups is 1. The molecule has 0 N–H and O–H groups in total. The van der Waals surface area contributed by atoms with Crippen LogP contribution in [0.3, 0.4) is 0 Å². The fraction of sp³-hybridized carbons (Fsp3) is 0.381. The molecule has 1 atom stereocenters. The minimum atomic E-state index is -0.0317. The molecule has 1 aliphatic heterocycles. The number of rotatable bonds is 4. The first kappa shape index (κ1) is 16.9. The predicted octanol–water partition coefficient (Wildman–Crippen LogP) is 3.85. The van der Waals surface area contributed by atoms with Crippen LogP contribution >= 0.6 is 0 Å². The van der Waals surface area contributed by atoms with Gasteiger partial charge >= 0.3 is 0 Å². The number of ether oxygens (including phenoxy) is 1. The molecule has 0 saturated heterocycles. The van der Waals surface area contributed by atoms with E-state index in [4.69, 9.17) is 9.15 Å². The highest BCUT2D eigenvalue weighted by Gasteiger charge is 2.28. The van der Waals surface area contributed by atoms with Crippen LogP contribution in [0.25, 0.3) is 11.0 Å². The van der Waals surface area contributed by atoms with Gasteiger partial charge < -0.3 is 18.6 Å². The number of amides is 1. The average molecular weight is 352 g/mol. The van der Waals surface area contributed by atoms with Crippen molar-refractivity contribution in [2.75, 3.05) is 20.3 Å². The maximum Gasteiger partial charge on any atom is 0.290 e. The van der Waals surface area contributed by atoms with E-state index in [0.29, 0.717) is 31.4 Å². The lowest BCUT2D eigenvalue weighted by atomic mass is 10.1. The van der Waals surface area contributed by atoms with Gasteiger partial charge in [-0.1, -0.05) is 18.2 Å². The molecule has 0 radical (unpaired) electrons. The van der Waals surface area contributed by atoms with Gasteiger partial charge in [-0.25, -0.2) is 0 Å². The normalized spacial score (nSPS) is 17.3. The van der Waals surface area contributed by atoms with Crippen molar-refractivity contribution in [3.63, 3.8) is 0 Å². The lowest BCUT2D eigenvalue weighted by Crippen LogP contribution is -2.34. The number of benzene rings is 1. The fourth-order valence-corrected chi connectivity index (χ4v) is 3.82. The van der Waals surface area contributed by atoms with Crippen LogP contribution in [0.1, 0.15) is 28.2 Å². The zero-order chi connectivity index (χ0) is 18.1. The van der Waals surface area contributed by atoms with Gasteiger partial charge in [0.25, 0.3) is 5.91 Å². The molecular formula is C21H24N2O3. The number of carbonyl (C=O) groups excluding carboxylic acids is 1.